The Balaban J connectivity index is 1.50. The Morgan fingerprint density at radius 2 is 1.78 bits per heavy atom. The van der Waals surface area contributed by atoms with Crippen LogP contribution >= 0.6 is 34.5 Å². The molecule has 0 bridgehead atoms. The highest BCUT2D eigenvalue weighted by atomic mass is 35.5. The number of hydrogen-bond donors (Lipinski definition) is 2. The van der Waals surface area contributed by atoms with E-state index in [9.17, 15) is 27.6 Å². The third kappa shape index (κ3) is 5.63. The summed E-state index contributed by atoms with van der Waals surface area (Å²) in [6.07, 6.45) is -3.20. The Hall–Kier alpha value is -3.42. The number of rotatable bonds is 5. The van der Waals surface area contributed by atoms with Crippen LogP contribution in [0.25, 0.3) is 0 Å². The Morgan fingerprint density at radius 1 is 1.11 bits per heavy atom. The minimum absolute atomic E-state index is 0.0695. The molecule has 3 aromatic heterocycles. The summed E-state index contributed by atoms with van der Waals surface area (Å²) < 4.78 is 39.1. The van der Waals surface area contributed by atoms with Crippen LogP contribution in [0.4, 0.5) is 39.3 Å². The van der Waals surface area contributed by atoms with E-state index < -0.39 is 35.2 Å². The summed E-state index contributed by atoms with van der Waals surface area (Å²) >= 11 is 12.3. The summed E-state index contributed by atoms with van der Waals surface area (Å²) in [5.74, 6) is -0.517. The van der Waals surface area contributed by atoms with Gasteiger partial charge < -0.3 is 10.2 Å². The molecule has 0 unspecified atom stereocenters. The fourth-order valence-electron chi connectivity index (χ4n) is 3.53. The first kappa shape index (κ1) is 26.6. The van der Waals surface area contributed by atoms with Crippen LogP contribution in [0.5, 0.6) is 0 Å². The van der Waals surface area contributed by atoms with Gasteiger partial charge in [-0.2, -0.15) is 13.2 Å². The van der Waals surface area contributed by atoms with Gasteiger partial charge >= 0.3 is 18.2 Å². The summed E-state index contributed by atoms with van der Waals surface area (Å²) in [5.41, 5.74) is -1.47. The Kier molecular flexibility index (Phi) is 7.06. The summed E-state index contributed by atoms with van der Waals surface area (Å²) in [4.78, 5) is 48.4. The first-order chi connectivity index (χ1) is 17.3. The van der Waals surface area contributed by atoms with E-state index in [1.54, 1.807) is 6.07 Å². The largest absolute Gasteiger partial charge is 0.417 e. The zero-order valence-electron chi connectivity index (χ0n) is 19.1. The number of alkyl halides is 3. The molecule has 9 nitrogen and oxygen atoms in total. The second-order valence-corrected chi connectivity index (χ2v) is 10.0. The van der Waals surface area contributed by atoms with Crippen molar-refractivity contribution < 1.29 is 27.6 Å². The number of urea groups is 2. The molecule has 2 N–H and O–H groups in total. The molecular formula is C22H17Cl2F3N6O3S. The van der Waals surface area contributed by atoms with Crippen molar-refractivity contribution in [1.29, 1.82) is 0 Å². The molecule has 3 aromatic rings. The van der Waals surface area contributed by atoms with Crippen LogP contribution < -0.4 is 15.5 Å². The molecular weight excluding hydrogens is 556 g/mol. The number of amides is 5. The molecule has 4 heterocycles. The normalized spacial score (nSPS) is 15.3. The van der Waals surface area contributed by atoms with E-state index in [2.05, 4.69) is 20.6 Å². The standard InChI is InChI=1S/C22H17Cl2F3N6O3S/c1-21(2)18(34)33(17-6-12(10-37-17)22(25,26)27)20(36)32(21)9-11-3-4-28-16(5-11)31-19(35)29-13-7-14(23)30-15(24)8-13/h3-8,10H,9H2,1-2H3,(H2,28,29,30,31,35). The lowest BCUT2D eigenvalue weighted by molar-refractivity contribution is -0.137. The number of anilines is 3. The summed E-state index contributed by atoms with van der Waals surface area (Å²) in [6, 6.07) is 5.22. The van der Waals surface area contributed by atoms with E-state index in [0.717, 1.165) is 16.3 Å². The Labute approximate surface area is 222 Å². The molecule has 1 fully saturated rings. The quantitative estimate of drug-likeness (QED) is 0.277. The van der Waals surface area contributed by atoms with Gasteiger partial charge in [0.1, 0.15) is 26.7 Å². The van der Waals surface area contributed by atoms with E-state index in [4.69, 9.17) is 23.2 Å². The van der Waals surface area contributed by atoms with Gasteiger partial charge in [0.15, 0.2) is 0 Å². The minimum Gasteiger partial charge on any atom is -0.307 e. The number of hydrogen-bond acceptors (Lipinski definition) is 6. The van der Waals surface area contributed by atoms with E-state index in [1.165, 1.54) is 43.1 Å². The van der Waals surface area contributed by atoms with Crippen molar-refractivity contribution in [3.05, 3.63) is 63.3 Å². The fourth-order valence-corrected chi connectivity index (χ4v) is 4.90. The third-order valence-electron chi connectivity index (χ3n) is 5.38. The van der Waals surface area contributed by atoms with E-state index in [0.29, 0.717) is 22.6 Å². The molecule has 0 radical (unpaired) electrons. The second-order valence-electron chi connectivity index (χ2n) is 8.37. The molecule has 0 atom stereocenters. The highest BCUT2D eigenvalue weighted by Crippen LogP contribution is 2.40. The molecule has 37 heavy (non-hydrogen) atoms. The van der Waals surface area contributed by atoms with Crippen LogP contribution in [-0.2, 0) is 17.5 Å². The SMILES string of the molecule is CC1(C)C(=O)N(c2cc(C(F)(F)F)cs2)C(=O)N1Cc1ccnc(NC(=O)Nc2cc(Cl)nc(Cl)c2)c1. The highest BCUT2D eigenvalue weighted by molar-refractivity contribution is 7.14. The van der Waals surface area contributed by atoms with Crippen LogP contribution in [-0.4, -0.2) is 38.4 Å². The summed E-state index contributed by atoms with van der Waals surface area (Å²) in [5, 5.41) is 5.97. The lowest BCUT2D eigenvalue weighted by Gasteiger charge is -2.27. The van der Waals surface area contributed by atoms with Crippen LogP contribution in [0.2, 0.25) is 10.3 Å². The van der Waals surface area contributed by atoms with Gasteiger partial charge in [-0.3, -0.25) is 10.1 Å². The minimum atomic E-state index is -4.60. The molecule has 0 spiro atoms. The van der Waals surface area contributed by atoms with Gasteiger partial charge in [-0.1, -0.05) is 23.2 Å². The van der Waals surface area contributed by atoms with Gasteiger partial charge in [0.2, 0.25) is 0 Å². The van der Waals surface area contributed by atoms with Crippen LogP contribution in [0.1, 0.15) is 25.0 Å². The molecule has 5 amide bonds. The lowest BCUT2D eigenvalue weighted by atomic mass is 10.0. The summed E-state index contributed by atoms with van der Waals surface area (Å²) in [7, 11) is 0. The maximum Gasteiger partial charge on any atom is 0.417 e. The molecule has 4 rings (SSSR count). The highest BCUT2D eigenvalue weighted by Gasteiger charge is 2.52. The van der Waals surface area contributed by atoms with Gasteiger partial charge in [0.25, 0.3) is 5.91 Å². The van der Waals surface area contributed by atoms with E-state index >= 15 is 0 Å². The third-order valence-corrected chi connectivity index (χ3v) is 6.69. The number of thiophene rings is 1. The molecule has 0 aromatic carbocycles. The van der Waals surface area contributed by atoms with Crippen LogP contribution in [0, 0.1) is 0 Å². The number of carbonyl (C=O) groups excluding carboxylic acids is 3. The molecule has 1 aliphatic heterocycles. The predicted molar refractivity (Wildman–Crippen MR) is 133 cm³/mol. The molecule has 194 valence electrons. The topological polar surface area (TPSA) is 108 Å². The average molecular weight is 573 g/mol. The van der Waals surface area contributed by atoms with Gasteiger partial charge in [-0.05, 0) is 49.7 Å². The van der Waals surface area contributed by atoms with E-state index in [-0.39, 0.29) is 27.7 Å². The van der Waals surface area contributed by atoms with E-state index in [1.807, 2.05) is 0 Å². The van der Waals surface area contributed by atoms with Gasteiger partial charge in [-0.25, -0.2) is 24.5 Å². The maximum atomic E-state index is 13.2. The van der Waals surface area contributed by atoms with Crippen molar-refractivity contribution in [3.8, 4) is 0 Å². The fraction of sp³-hybridized carbons (Fsp3) is 0.227. The Morgan fingerprint density at radius 3 is 2.41 bits per heavy atom. The number of pyridine rings is 2. The second kappa shape index (κ2) is 9.80. The number of halogens is 5. The van der Waals surface area contributed by atoms with Gasteiger partial charge in [0.05, 0.1) is 5.56 Å². The number of carbonyl (C=O) groups is 3. The zero-order chi connectivity index (χ0) is 27.1. The number of nitrogens with one attached hydrogen (secondary N) is 2. The predicted octanol–water partition coefficient (Wildman–Crippen LogP) is 6.26. The smallest absolute Gasteiger partial charge is 0.307 e. The molecule has 1 saturated heterocycles. The van der Waals surface area contributed by atoms with Crippen molar-refractivity contribution in [1.82, 2.24) is 14.9 Å². The molecule has 1 aliphatic rings. The van der Waals surface area contributed by atoms with Crippen molar-refractivity contribution in [2.45, 2.75) is 32.1 Å². The van der Waals surface area contributed by atoms with Crippen molar-refractivity contribution in [2.24, 2.45) is 0 Å². The monoisotopic (exact) mass is 572 g/mol. The van der Waals surface area contributed by atoms with Crippen molar-refractivity contribution >= 4 is 69.0 Å². The van der Waals surface area contributed by atoms with Crippen LogP contribution in [0.3, 0.4) is 0 Å². The average Bonchev–Trinajstić information content (AvgIpc) is 3.32. The molecule has 0 aliphatic carbocycles. The van der Waals surface area contributed by atoms with Crippen molar-refractivity contribution in [3.63, 3.8) is 0 Å². The first-order valence-corrected chi connectivity index (χ1v) is 12.1. The zero-order valence-corrected chi connectivity index (χ0v) is 21.4. The maximum absolute atomic E-state index is 13.2. The van der Waals surface area contributed by atoms with Crippen molar-refractivity contribution in [2.75, 3.05) is 15.5 Å². The number of aromatic nitrogens is 2. The van der Waals surface area contributed by atoms with Gasteiger partial charge in [0, 0.05) is 23.8 Å². The number of imide groups is 1. The Bertz CT molecular complexity index is 1380. The lowest BCUT2D eigenvalue weighted by Crippen LogP contribution is -2.43. The summed E-state index contributed by atoms with van der Waals surface area (Å²) in [6.45, 7) is 2.94. The molecule has 15 heteroatoms. The first-order valence-electron chi connectivity index (χ1n) is 10.4. The van der Waals surface area contributed by atoms with Gasteiger partial charge in [-0.15, -0.1) is 11.3 Å². The van der Waals surface area contributed by atoms with Crippen LogP contribution in [0.15, 0.2) is 41.9 Å². The number of nitrogens with zero attached hydrogens (tertiary/aromatic N) is 4. The molecule has 0 saturated carbocycles.